The minimum atomic E-state index is 0.125. The Bertz CT molecular complexity index is 302. The monoisotopic (exact) mass is 176 g/mol. The zero-order chi connectivity index (χ0) is 9.84. The first kappa shape index (κ1) is 9.97. The summed E-state index contributed by atoms with van der Waals surface area (Å²) in [5, 5.41) is 0. The first-order valence-corrected chi connectivity index (χ1v) is 4.65. The van der Waals surface area contributed by atoms with Crippen molar-refractivity contribution >= 4 is 6.29 Å². The smallest absolute Gasteiger partial charge is 0.123 e. The van der Waals surface area contributed by atoms with E-state index < -0.39 is 0 Å². The number of rotatable bonds is 3. The first-order valence-electron chi connectivity index (χ1n) is 4.65. The molecule has 13 heavy (non-hydrogen) atoms. The first-order chi connectivity index (χ1) is 6.13. The molecule has 0 aliphatic rings. The Hall–Kier alpha value is -1.11. The molecule has 0 saturated carbocycles. The molecular formula is C12H16O. The van der Waals surface area contributed by atoms with Gasteiger partial charge in [0.15, 0.2) is 0 Å². The van der Waals surface area contributed by atoms with Gasteiger partial charge in [-0.05, 0) is 31.4 Å². The van der Waals surface area contributed by atoms with Crippen molar-refractivity contribution in [3.63, 3.8) is 0 Å². The molecular weight excluding hydrogens is 160 g/mol. The van der Waals surface area contributed by atoms with Crippen LogP contribution >= 0.6 is 0 Å². The van der Waals surface area contributed by atoms with Crippen LogP contribution in [-0.2, 0) is 11.2 Å². The van der Waals surface area contributed by atoms with E-state index in [1.807, 2.05) is 6.92 Å². The van der Waals surface area contributed by atoms with Crippen LogP contribution in [0.1, 0.15) is 23.6 Å². The van der Waals surface area contributed by atoms with Gasteiger partial charge in [0.1, 0.15) is 6.29 Å². The minimum Gasteiger partial charge on any atom is -0.303 e. The summed E-state index contributed by atoms with van der Waals surface area (Å²) in [6.45, 7) is 6.12. The van der Waals surface area contributed by atoms with Crippen molar-refractivity contribution in [2.45, 2.75) is 27.2 Å². The number of aryl methyl sites for hydroxylation is 2. The Labute approximate surface area is 79.8 Å². The van der Waals surface area contributed by atoms with Crippen LogP contribution in [-0.4, -0.2) is 6.29 Å². The SMILES string of the molecule is Cc1ccc(C)c(C[C@H](C)C=O)c1. The van der Waals surface area contributed by atoms with Crippen LogP contribution in [0.15, 0.2) is 18.2 Å². The van der Waals surface area contributed by atoms with E-state index in [1.54, 1.807) is 0 Å². The Balaban J connectivity index is 2.86. The second kappa shape index (κ2) is 4.22. The molecule has 0 heterocycles. The van der Waals surface area contributed by atoms with Gasteiger partial charge in [0, 0.05) is 5.92 Å². The number of hydrogen-bond acceptors (Lipinski definition) is 1. The van der Waals surface area contributed by atoms with E-state index in [-0.39, 0.29) is 5.92 Å². The van der Waals surface area contributed by atoms with Crippen molar-refractivity contribution in [1.82, 2.24) is 0 Å². The van der Waals surface area contributed by atoms with Gasteiger partial charge in [-0.1, -0.05) is 30.7 Å². The van der Waals surface area contributed by atoms with Gasteiger partial charge in [-0.15, -0.1) is 0 Å². The maximum absolute atomic E-state index is 10.5. The molecule has 0 saturated heterocycles. The molecule has 0 unspecified atom stereocenters. The van der Waals surface area contributed by atoms with Crippen LogP contribution in [0.3, 0.4) is 0 Å². The molecule has 0 aromatic heterocycles. The minimum absolute atomic E-state index is 0.125. The molecule has 0 spiro atoms. The van der Waals surface area contributed by atoms with Gasteiger partial charge < -0.3 is 4.79 Å². The molecule has 1 rings (SSSR count). The summed E-state index contributed by atoms with van der Waals surface area (Å²) in [7, 11) is 0. The van der Waals surface area contributed by atoms with Crippen molar-refractivity contribution < 1.29 is 4.79 Å². The average molecular weight is 176 g/mol. The van der Waals surface area contributed by atoms with Crippen molar-refractivity contribution in [1.29, 1.82) is 0 Å². The zero-order valence-electron chi connectivity index (χ0n) is 8.50. The summed E-state index contributed by atoms with van der Waals surface area (Å²) >= 11 is 0. The summed E-state index contributed by atoms with van der Waals surface area (Å²) < 4.78 is 0. The summed E-state index contributed by atoms with van der Waals surface area (Å²) in [5.74, 6) is 0.125. The number of aldehydes is 1. The fourth-order valence-corrected chi connectivity index (χ4v) is 1.42. The summed E-state index contributed by atoms with van der Waals surface area (Å²) in [5.41, 5.74) is 3.83. The predicted molar refractivity (Wildman–Crippen MR) is 54.8 cm³/mol. The van der Waals surface area contributed by atoms with Gasteiger partial charge in [0.05, 0.1) is 0 Å². The van der Waals surface area contributed by atoms with E-state index in [1.165, 1.54) is 16.7 Å². The lowest BCUT2D eigenvalue weighted by atomic mass is 9.97. The zero-order valence-corrected chi connectivity index (χ0v) is 8.50. The molecule has 0 fully saturated rings. The molecule has 0 aliphatic carbocycles. The van der Waals surface area contributed by atoms with Gasteiger partial charge in [-0.25, -0.2) is 0 Å². The van der Waals surface area contributed by atoms with Gasteiger partial charge >= 0.3 is 0 Å². The van der Waals surface area contributed by atoms with Crippen LogP contribution in [0.5, 0.6) is 0 Å². The third-order valence-electron chi connectivity index (χ3n) is 2.28. The Morgan fingerprint density at radius 2 is 2.08 bits per heavy atom. The highest BCUT2D eigenvalue weighted by atomic mass is 16.1. The highest BCUT2D eigenvalue weighted by Crippen LogP contribution is 2.14. The maximum atomic E-state index is 10.5. The van der Waals surface area contributed by atoms with E-state index in [2.05, 4.69) is 32.0 Å². The highest BCUT2D eigenvalue weighted by Gasteiger charge is 2.04. The molecule has 70 valence electrons. The topological polar surface area (TPSA) is 17.1 Å². The molecule has 1 aromatic carbocycles. The molecule has 0 bridgehead atoms. The summed E-state index contributed by atoms with van der Waals surface area (Å²) in [6.07, 6.45) is 1.87. The van der Waals surface area contributed by atoms with E-state index in [0.29, 0.717) is 0 Å². The number of carbonyl (C=O) groups is 1. The van der Waals surface area contributed by atoms with Crippen LogP contribution in [0.4, 0.5) is 0 Å². The fraction of sp³-hybridized carbons (Fsp3) is 0.417. The van der Waals surface area contributed by atoms with Gasteiger partial charge in [-0.3, -0.25) is 0 Å². The largest absolute Gasteiger partial charge is 0.303 e. The molecule has 1 atom stereocenters. The lowest BCUT2D eigenvalue weighted by molar-refractivity contribution is -0.110. The molecule has 0 radical (unpaired) electrons. The van der Waals surface area contributed by atoms with Crippen molar-refractivity contribution in [3.05, 3.63) is 34.9 Å². The second-order valence-electron chi connectivity index (χ2n) is 3.75. The lowest BCUT2D eigenvalue weighted by Crippen LogP contribution is -2.02. The number of benzene rings is 1. The number of hydrogen-bond donors (Lipinski definition) is 0. The summed E-state index contributed by atoms with van der Waals surface area (Å²) in [4.78, 5) is 10.5. The normalized spacial score (nSPS) is 12.5. The van der Waals surface area contributed by atoms with Crippen LogP contribution in [0.25, 0.3) is 0 Å². The highest BCUT2D eigenvalue weighted by molar-refractivity contribution is 5.54. The molecule has 0 aliphatic heterocycles. The maximum Gasteiger partial charge on any atom is 0.123 e. The van der Waals surface area contributed by atoms with Crippen molar-refractivity contribution in [3.8, 4) is 0 Å². The van der Waals surface area contributed by atoms with Crippen molar-refractivity contribution in [2.75, 3.05) is 0 Å². The Morgan fingerprint density at radius 3 is 2.69 bits per heavy atom. The van der Waals surface area contributed by atoms with E-state index in [4.69, 9.17) is 0 Å². The quantitative estimate of drug-likeness (QED) is 0.647. The molecule has 0 amide bonds. The number of carbonyl (C=O) groups excluding carboxylic acids is 1. The molecule has 1 aromatic rings. The standard InChI is InChI=1S/C12H16O/c1-9-4-5-11(3)12(6-9)7-10(2)8-13/h4-6,8,10H,7H2,1-3H3/t10-/m0/s1. The van der Waals surface area contributed by atoms with E-state index in [9.17, 15) is 4.79 Å². The third-order valence-corrected chi connectivity index (χ3v) is 2.28. The fourth-order valence-electron chi connectivity index (χ4n) is 1.42. The lowest BCUT2D eigenvalue weighted by Gasteiger charge is -2.08. The van der Waals surface area contributed by atoms with Crippen LogP contribution in [0.2, 0.25) is 0 Å². The van der Waals surface area contributed by atoms with Gasteiger partial charge in [0.25, 0.3) is 0 Å². The van der Waals surface area contributed by atoms with Crippen LogP contribution in [0, 0.1) is 19.8 Å². The van der Waals surface area contributed by atoms with Crippen LogP contribution < -0.4 is 0 Å². The Kier molecular flexibility index (Phi) is 3.24. The van der Waals surface area contributed by atoms with Crippen molar-refractivity contribution in [2.24, 2.45) is 5.92 Å². The predicted octanol–water partition coefficient (Wildman–Crippen LogP) is 2.68. The molecule has 1 nitrogen and oxygen atoms in total. The van der Waals surface area contributed by atoms with E-state index >= 15 is 0 Å². The van der Waals surface area contributed by atoms with E-state index in [0.717, 1.165) is 12.7 Å². The van der Waals surface area contributed by atoms with Gasteiger partial charge in [0.2, 0.25) is 0 Å². The average Bonchev–Trinajstić information content (AvgIpc) is 2.11. The summed E-state index contributed by atoms with van der Waals surface area (Å²) in [6, 6.07) is 6.38. The second-order valence-corrected chi connectivity index (χ2v) is 3.75. The Morgan fingerprint density at radius 1 is 1.38 bits per heavy atom. The molecule has 1 heteroatoms. The third kappa shape index (κ3) is 2.69. The molecule has 0 N–H and O–H groups in total. The van der Waals surface area contributed by atoms with Gasteiger partial charge in [-0.2, -0.15) is 0 Å².